The van der Waals surface area contributed by atoms with Gasteiger partial charge in [-0.05, 0) is 6.42 Å². The van der Waals surface area contributed by atoms with Crippen molar-refractivity contribution in [3.05, 3.63) is 18.2 Å². The van der Waals surface area contributed by atoms with Gasteiger partial charge in [-0.1, -0.05) is 6.92 Å². The first kappa shape index (κ1) is 9.40. The number of hydrogen-bond donors (Lipinski definition) is 1. The van der Waals surface area contributed by atoms with Crippen LogP contribution in [0.15, 0.2) is 12.4 Å². The number of carbonyl (C=O) groups is 1. The van der Waals surface area contributed by atoms with Gasteiger partial charge in [0.15, 0.2) is 5.82 Å². The second-order valence-electron chi connectivity index (χ2n) is 3.66. The third-order valence-electron chi connectivity index (χ3n) is 2.55. The van der Waals surface area contributed by atoms with Crippen molar-refractivity contribution in [2.45, 2.75) is 19.9 Å². The number of carbonyl (C=O) groups excluding carboxylic acids is 1. The Bertz CT molecular complexity index is 328. The van der Waals surface area contributed by atoms with E-state index in [2.05, 4.69) is 17.2 Å². The molecule has 4 nitrogen and oxygen atoms in total. The van der Waals surface area contributed by atoms with Crippen LogP contribution in [0.1, 0.15) is 24.0 Å². The lowest BCUT2D eigenvalue weighted by molar-refractivity contribution is 0.0862. The van der Waals surface area contributed by atoms with E-state index in [-0.39, 0.29) is 11.7 Å². The van der Waals surface area contributed by atoms with Gasteiger partial charge in [-0.3, -0.25) is 4.79 Å². The first-order chi connectivity index (χ1) is 6.83. The van der Waals surface area contributed by atoms with Crippen molar-refractivity contribution >= 4 is 5.78 Å². The number of ketones is 1. The molecular formula is C10H15N3O. The number of nitrogens with one attached hydrogen (secondary N) is 1. The third-order valence-corrected chi connectivity index (χ3v) is 2.55. The highest BCUT2D eigenvalue weighted by Gasteiger charge is 2.28. The maximum absolute atomic E-state index is 11.9. The second kappa shape index (κ2) is 3.92. The van der Waals surface area contributed by atoms with Crippen LogP contribution in [-0.4, -0.2) is 28.4 Å². The molecule has 0 amide bonds. The summed E-state index contributed by atoms with van der Waals surface area (Å²) < 4.78 is 1.95. The molecular weight excluding hydrogens is 178 g/mol. The number of aryl methyl sites for hydroxylation is 1. The van der Waals surface area contributed by atoms with Crippen molar-refractivity contribution < 1.29 is 4.79 Å². The van der Waals surface area contributed by atoms with E-state index in [1.807, 2.05) is 10.8 Å². The van der Waals surface area contributed by atoms with Crippen LogP contribution >= 0.6 is 0 Å². The van der Waals surface area contributed by atoms with E-state index in [9.17, 15) is 4.79 Å². The van der Waals surface area contributed by atoms with E-state index in [0.29, 0.717) is 5.82 Å². The summed E-state index contributed by atoms with van der Waals surface area (Å²) in [6, 6.07) is 0. The average Bonchev–Trinajstić information content (AvgIpc) is 2.49. The summed E-state index contributed by atoms with van der Waals surface area (Å²) in [5, 5.41) is 3.10. The van der Waals surface area contributed by atoms with Crippen LogP contribution in [0.3, 0.4) is 0 Å². The van der Waals surface area contributed by atoms with Gasteiger partial charge in [0.25, 0.3) is 0 Å². The fraction of sp³-hybridized carbons (Fsp3) is 0.600. The molecule has 1 aromatic heterocycles. The van der Waals surface area contributed by atoms with E-state index >= 15 is 0 Å². The zero-order valence-corrected chi connectivity index (χ0v) is 8.36. The second-order valence-corrected chi connectivity index (χ2v) is 3.66. The lowest BCUT2D eigenvalue weighted by Crippen LogP contribution is -2.47. The lowest BCUT2D eigenvalue weighted by Gasteiger charge is -2.25. The highest BCUT2D eigenvalue weighted by Crippen LogP contribution is 2.11. The van der Waals surface area contributed by atoms with Gasteiger partial charge >= 0.3 is 0 Å². The number of Topliss-reactive ketones (excluding diaryl/α,β-unsaturated/α-hetero) is 1. The number of aromatic nitrogens is 2. The summed E-state index contributed by atoms with van der Waals surface area (Å²) in [5.41, 5.74) is 0. The van der Waals surface area contributed by atoms with Crippen LogP contribution in [0.4, 0.5) is 0 Å². The Balaban J connectivity index is 2.13. The molecule has 0 bridgehead atoms. The van der Waals surface area contributed by atoms with Gasteiger partial charge < -0.3 is 9.88 Å². The van der Waals surface area contributed by atoms with E-state index in [4.69, 9.17) is 0 Å². The average molecular weight is 193 g/mol. The molecule has 0 atom stereocenters. The zero-order chi connectivity index (χ0) is 9.97. The van der Waals surface area contributed by atoms with Gasteiger partial charge in [0.2, 0.25) is 5.78 Å². The molecule has 1 aliphatic rings. The van der Waals surface area contributed by atoms with Crippen molar-refractivity contribution in [1.82, 2.24) is 14.9 Å². The first-order valence-corrected chi connectivity index (χ1v) is 5.09. The SMILES string of the molecule is CCCn1ccnc1C(=O)C1CNC1. The Kier molecular flexibility index (Phi) is 2.63. The molecule has 1 saturated heterocycles. The zero-order valence-electron chi connectivity index (χ0n) is 8.36. The molecule has 0 spiro atoms. The van der Waals surface area contributed by atoms with Crippen LogP contribution in [0.2, 0.25) is 0 Å². The van der Waals surface area contributed by atoms with Gasteiger partial charge in [-0.25, -0.2) is 4.98 Å². The predicted octanol–water partition coefficient (Wildman–Crippen LogP) is 0.695. The molecule has 1 aliphatic heterocycles. The van der Waals surface area contributed by atoms with Crippen LogP contribution in [0.25, 0.3) is 0 Å². The Morgan fingerprint density at radius 1 is 1.71 bits per heavy atom. The fourth-order valence-corrected chi connectivity index (χ4v) is 1.61. The molecule has 76 valence electrons. The minimum Gasteiger partial charge on any atom is -0.329 e. The van der Waals surface area contributed by atoms with E-state index < -0.39 is 0 Å². The summed E-state index contributed by atoms with van der Waals surface area (Å²) in [6.45, 7) is 4.58. The summed E-state index contributed by atoms with van der Waals surface area (Å²) in [6.07, 6.45) is 4.61. The minimum atomic E-state index is 0.146. The summed E-state index contributed by atoms with van der Waals surface area (Å²) in [4.78, 5) is 16.0. The normalized spacial score (nSPS) is 16.6. The molecule has 2 rings (SSSR count). The van der Waals surface area contributed by atoms with Crippen LogP contribution in [-0.2, 0) is 6.54 Å². The van der Waals surface area contributed by atoms with Crippen LogP contribution in [0.5, 0.6) is 0 Å². The van der Waals surface area contributed by atoms with Crippen molar-refractivity contribution in [2.75, 3.05) is 13.1 Å². The Labute approximate surface area is 83.3 Å². The molecule has 1 aromatic rings. The molecule has 14 heavy (non-hydrogen) atoms. The molecule has 4 heteroatoms. The number of nitrogens with zero attached hydrogens (tertiary/aromatic N) is 2. The van der Waals surface area contributed by atoms with Gasteiger partial charge in [0, 0.05) is 32.0 Å². The molecule has 0 saturated carbocycles. The van der Waals surface area contributed by atoms with Gasteiger partial charge in [0.1, 0.15) is 0 Å². The van der Waals surface area contributed by atoms with Crippen molar-refractivity contribution in [1.29, 1.82) is 0 Å². The topological polar surface area (TPSA) is 46.9 Å². The van der Waals surface area contributed by atoms with Crippen molar-refractivity contribution in [3.8, 4) is 0 Å². The summed E-state index contributed by atoms with van der Waals surface area (Å²) >= 11 is 0. The van der Waals surface area contributed by atoms with Crippen molar-refractivity contribution in [3.63, 3.8) is 0 Å². The largest absolute Gasteiger partial charge is 0.329 e. The van der Waals surface area contributed by atoms with Gasteiger partial charge in [-0.2, -0.15) is 0 Å². The Morgan fingerprint density at radius 3 is 3.07 bits per heavy atom. The number of hydrogen-bond acceptors (Lipinski definition) is 3. The fourth-order valence-electron chi connectivity index (χ4n) is 1.61. The number of imidazole rings is 1. The van der Waals surface area contributed by atoms with Crippen LogP contribution < -0.4 is 5.32 Å². The molecule has 0 aliphatic carbocycles. The van der Waals surface area contributed by atoms with Crippen LogP contribution in [0, 0.1) is 5.92 Å². The number of rotatable bonds is 4. The molecule has 0 aromatic carbocycles. The smallest absolute Gasteiger partial charge is 0.203 e. The molecule has 1 fully saturated rings. The molecule has 1 N–H and O–H groups in total. The highest BCUT2D eigenvalue weighted by molar-refractivity contribution is 5.95. The Morgan fingerprint density at radius 2 is 2.50 bits per heavy atom. The Hall–Kier alpha value is -1.16. The summed E-state index contributed by atoms with van der Waals surface area (Å²) in [5.74, 6) is 0.952. The van der Waals surface area contributed by atoms with E-state index in [0.717, 1.165) is 26.1 Å². The quantitative estimate of drug-likeness (QED) is 0.716. The molecule has 0 radical (unpaired) electrons. The molecule has 2 heterocycles. The van der Waals surface area contributed by atoms with E-state index in [1.165, 1.54) is 0 Å². The van der Waals surface area contributed by atoms with Gasteiger partial charge in [-0.15, -0.1) is 0 Å². The van der Waals surface area contributed by atoms with E-state index in [1.54, 1.807) is 6.20 Å². The predicted molar refractivity (Wildman–Crippen MR) is 53.2 cm³/mol. The van der Waals surface area contributed by atoms with Crippen molar-refractivity contribution in [2.24, 2.45) is 5.92 Å². The highest BCUT2D eigenvalue weighted by atomic mass is 16.1. The third kappa shape index (κ3) is 1.57. The summed E-state index contributed by atoms with van der Waals surface area (Å²) in [7, 11) is 0. The minimum absolute atomic E-state index is 0.146. The first-order valence-electron chi connectivity index (χ1n) is 5.09. The molecule has 0 unspecified atom stereocenters. The lowest BCUT2D eigenvalue weighted by atomic mass is 9.97. The maximum atomic E-state index is 11.9. The maximum Gasteiger partial charge on any atom is 0.203 e. The monoisotopic (exact) mass is 193 g/mol. The standard InChI is InChI=1S/C10H15N3O/c1-2-4-13-5-3-12-10(13)9(14)8-6-11-7-8/h3,5,8,11H,2,4,6-7H2,1H3. The van der Waals surface area contributed by atoms with Gasteiger partial charge in [0.05, 0.1) is 5.92 Å².